The summed E-state index contributed by atoms with van der Waals surface area (Å²) in [4.78, 5) is 27.4. The summed E-state index contributed by atoms with van der Waals surface area (Å²) in [6, 6.07) is 3.50. The summed E-state index contributed by atoms with van der Waals surface area (Å²) in [5.41, 5.74) is 5.20. The average molecular weight is 344 g/mol. The Morgan fingerprint density at radius 1 is 1.45 bits per heavy atom. The van der Waals surface area contributed by atoms with Crippen LogP contribution < -0.4 is 10.9 Å². The average Bonchev–Trinajstić information content (AvgIpc) is 2.41. The van der Waals surface area contributed by atoms with Crippen molar-refractivity contribution < 1.29 is 14.3 Å². The van der Waals surface area contributed by atoms with Crippen LogP contribution in [0, 0.1) is 11.8 Å². The highest BCUT2D eigenvalue weighted by Crippen LogP contribution is 2.17. The number of aromatic nitrogens is 1. The number of nitrogens with zero attached hydrogens (tertiary/aromatic N) is 1. The molecule has 0 unspecified atom stereocenters. The summed E-state index contributed by atoms with van der Waals surface area (Å²) >= 11 is 3.30. The molecule has 0 aliphatic rings. The van der Waals surface area contributed by atoms with E-state index in [1.165, 1.54) is 7.11 Å². The fourth-order valence-corrected chi connectivity index (χ4v) is 1.94. The monoisotopic (exact) mass is 343 g/mol. The molecule has 1 aromatic heterocycles. The molecule has 1 amide bonds. The van der Waals surface area contributed by atoms with Crippen molar-refractivity contribution in [3.8, 4) is 0 Å². The predicted molar refractivity (Wildman–Crippen MR) is 78.7 cm³/mol. The molecule has 0 bridgehead atoms. The number of methoxy groups -OCH3 is 1. The van der Waals surface area contributed by atoms with Gasteiger partial charge in [0.1, 0.15) is 5.82 Å². The van der Waals surface area contributed by atoms with Gasteiger partial charge in [-0.25, -0.2) is 4.98 Å². The summed E-state index contributed by atoms with van der Waals surface area (Å²) in [5, 5.41) is 0. The summed E-state index contributed by atoms with van der Waals surface area (Å²) in [7, 11) is 1.32. The maximum Gasteiger partial charge on any atom is 0.309 e. The van der Waals surface area contributed by atoms with Gasteiger partial charge in [-0.05, 0) is 18.1 Å². The van der Waals surface area contributed by atoms with E-state index >= 15 is 0 Å². The van der Waals surface area contributed by atoms with Crippen LogP contribution in [0.1, 0.15) is 20.3 Å². The lowest BCUT2D eigenvalue weighted by Crippen LogP contribution is -2.34. The van der Waals surface area contributed by atoms with Crippen molar-refractivity contribution in [3.05, 3.63) is 22.8 Å². The molecule has 110 valence electrons. The molecular weight excluding hydrogens is 326 g/mol. The molecule has 1 rings (SSSR count). The number of esters is 1. The SMILES string of the molecule is COC(=O)[C@@H](CC(=O)NNc1cc(Br)ccn1)C(C)C. The number of carbonyl (C=O) groups is 2. The Balaban J connectivity index is 2.52. The Kier molecular flexibility index (Phi) is 6.44. The third kappa shape index (κ3) is 5.16. The third-order valence-corrected chi connectivity index (χ3v) is 3.26. The van der Waals surface area contributed by atoms with E-state index in [1.54, 1.807) is 18.3 Å². The zero-order chi connectivity index (χ0) is 15.1. The highest BCUT2D eigenvalue weighted by Gasteiger charge is 2.25. The number of anilines is 1. The molecule has 0 saturated carbocycles. The Hall–Kier alpha value is -1.63. The second-order valence-corrected chi connectivity index (χ2v) is 5.53. The van der Waals surface area contributed by atoms with E-state index in [4.69, 9.17) is 4.74 Å². The van der Waals surface area contributed by atoms with Crippen LogP contribution in [0.5, 0.6) is 0 Å². The van der Waals surface area contributed by atoms with E-state index < -0.39 is 5.92 Å². The van der Waals surface area contributed by atoms with Crippen LogP contribution in [-0.2, 0) is 14.3 Å². The van der Waals surface area contributed by atoms with E-state index in [9.17, 15) is 9.59 Å². The van der Waals surface area contributed by atoms with Gasteiger partial charge in [-0.3, -0.25) is 20.4 Å². The van der Waals surface area contributed by atoms with E-state index in [2.05, 4.69) is 31.8 Å². The predicted octanol–water partition coefficient (Wildman–Crippen LogP) is 2.12. The Morgan fingerprint density at radius 2 is 2.15 bits per heavy atom. The smallest absolute Gasteiger partial charge is 0.309 e. The van der Waals surface area contributed by atoms with Gasteiger partial charge in [0.2, 0.25) is 5.91 Å². The van der Waals surface area contributed by atoms with Crippen LogP contribution >= 0.6 is 15.9 Å². The van der Waals surface area contributed by atoms with Crippen molar-refractivity contribution in [2.45, 2.75) is 20.3 Å². The molecule has 0 aromatic carbocycles. The molecule has 2 N–H and O–H groups in total. The first-order valence-corrected chi connectivity index (χ1v) is 6.97. The fourth-order valence-electron chi connectivity index (χ4n) is 1.60. The van der Waals surface area contributed by atoms with Crippen molar-refractivity contribution in [2.75, 3.05) is 12.5 Å². The first kappa shape index (κ1) is 16.4. The maximum atomic E-state index is 11.8. The molecule has 0 radical (unpaired) electrons. The third-order valence-electron chi connectivity index (χ3n) is 2.77. The van der Waals surface area contributed by atoms with Gasteiger partial charge in [-0.15, -0.1) is 0 Å². The lowest BCUT2D eigenvalue weighted by atomic mass is 9.92. The van der Waals surface area contributed by atoms with Crippen molar-refractivity contribution in [1.82, 2.24) is 10.4 Å². The Bertz CT molecular complexity index is 480. The fraction of sp³-hybridized carbons (Fsp3) is 0.462. The van der Waals surface area contributed by atoms with Crippen molar-refractivity contribution in [3.63, 3.8) is 0 Å². The van der Waals surface area contributed by atoms with E-state index in [-0.39, 0.29) is 24.2 Å². The van der Waals surface area contributed by atoms with Crippen LogP contribution in [0.2, 0.25) is 0 Å². The van der Waals surface area contributed by atoms with Crippen LogP contribution in [0.4, 0.5) is 5.82 Å². The number of nitrogens with one attached hydrogen (secondary N) is 2. The molecule has 0 spiro atoms. The van der Waals surface area contributed by atoms with Crippen molar-refractivity contribution in [2.24, 2.45) is 11.8 Å². The zero-order valence-electron chi connectivity index (χ0n) is 11.6. The molecule has 1 heterocycles. The summed E-state index contributed by atoms with van der Waals surface area (Å²) in [6.45, 7) is 3.75. The molecule has 0 aliphatic heterocycles. The Labute approximate surface area is 126 Å². The molecular formula is C13H18BrN3O3. The van der Waals surface area contributed by atoms with Gasteiger partial charge < -0.3 is 4.74 Å². The molecule has 1 atom stereocenters. The quantitative estimate of drug-likeness (QED) is 0.610. The van der Waals surface area contributed by atoms with Gasteiger partial charge in [-0.1, -0.05) is 29.8 Å². The largest absolute Gasteiger partial charge is 0.469 e. The maximum absolute atomic E-state index is 11.8. The molecule has 0 fully saturated rings. The van der Waals surface area contributed by atoms with E-state index in [0.29, 0.717) is 5.82 Å². The zero-order valence-corrected chi connectivity index (χ0v) is 13.2. The second-order valence-electron chi connectivity index (χ2n) is 4.61. The number of hydrogen-bond acceptors (Lipinski definition) is 5. The number of amides is 1. The van der Waals surface area contributed by atoms with Gasteiger partial charge in [-0.2, -0.15) is 0 Å². The van der Waals surface area contributed by atoms with E-state index in [1.807, 2.05) is 13.8 Å². The summed E-state index contributed by atoms with van der Waals surface area (Å²) in [6.07, 6.45) is 1.66. The minimum absolute atomic E-state index is 0.0252. The summed E-state index contributed by atoms with van der Waals surface area (Å²) < 4.78 is 5.54. The molecule has 7 heteroatoms. The van der Waals surface area contributed by atoms with Crippen molar-refractivity contribution >= 4 is 33.6 Å². The number of pyridine rings is 1. The van der Waals surface area contributed by atoms with Gasteiger partial charge >= 0.3 is 5.97 Å². The second kappa shape index (κ2) is 7.84. The minimum Gasteiger partial charge on any atom is -0.469 e. The molecule has 1 aromatic rings. The molecule has 20 heavy (non-hydrogen) atoms. The molecule has 0 aliphatic carbocycles. The standard InChI is InChI=1S/C13H18BrN3O3/c1-8(2)10(13(19)20-3)7-12(18)17-16-11-6-9(14)4-5-15-11/h4-6,8,10H,7H2,1-3H3,(H,15,16)(H,17,18)/t10-/m0/s1. The van der Waals surface area contributed by atoms with Crippen molar-refractivity contribution in [1.29, 1.82) is 0 Å². The van der Waals surface area contributed by atoms with Crippen LogP contribution in [-0.4, -0.2) is 24.0 Å². The minimum atomic E-state index is -0.461. The van der Waals surface area contributed by atoms with Gasteiger partial charge in [0.15, 0.2) is 0 Å². The number of hydrogen-bond donors (Lipinski definition) is 2. The lowest BCUT2D eigenvalue weighted by Gasteiger charge is -2.18. The Morgan fingerprint density at radius 3 is 2.70 bits per heavy atom. The van der Waals surface area contributed by atoms with Crippen LogP contribution in [0.3, 0.4) is 0 Å². The molecule has 6 nitrogen and oxygen atoms in total. The number of halogens is 1. The van der Waals surface area contributed by atoms with Crippen LogP contribution in [0.15, 0.2) is 22.8 Å². The van der Waals surface area contributed by atoms with Crippen LogP contribution in [0.25, 0.3) is 0 Å². The first-order chi connectivity index (χ1) is 9.43. The lowest BCUT2D eigenvalue weighted by molar-refractivity contribution is -0.149. The number of hydrazine groups is 1. The highest BCUT2D eigenvalue weighted by atomic mass is 79.9. The van der Waals surface area contributed by atoms with Gasteiger partial charge in [0.25, 0.3) is 0 Å². The summed E-state index contributed by atoms with van der Waals surface area (Å²) in [5.74, 6) is -0.604. The van der Waals surface area contributed by atoms with Gasteiger partial charge in [0, 0.05) is 17.1 Å². The molecule has 0 saturated heterocycles. The topological polar surface area (TPSA) is 80.3 Å². The first-order valence-electron chi connectivity index (χ1n) is 6.18. The van der Waals surface area contributed by atoms with E-state index in [0.717, 1.165) is 4.47 Å². The number of rotatable bonds is 6. The highest BCUT2D eigenvalue weighted by molar-refractivity contribution is 9.10. The number of ether oxygens (including phenoxy) is 1. The number of carbonyl (C=O) groups excluding carboxylic acids is 2. The normalized spacial score (nSPS) is 11.8. The van der Waals surface area contributed by atoms with Gasteiger partial charge in [0.05, 0.1) is 13.0 Å².